The molecule has 0 aliphatic heterocycles. The zero-order chi connectivity index (χ0) is 30.4. The van der Waals surface area contributed by atoms with Gasteiger partial charge in [-0.3, -0.25) is 9.40 Å². The fraction of sp³-hybridized carbons (Fsp3) is 0.536. The lowest BCUT2D eigenvalue weighted by Gasteiger charge is -2.26. The predicted octanol–water partition coefficient (Wildman–Crippen LogP) is 6.84. The fourth-order valence-corrected chi connectivity index (χ4v) is 4.42. The van der Waals surface area contributed by atoms with Gasteiger partial charge in [0, 0.05) is 36.0 Å². The van der Waals surface area contributed by atoms with Gasteiger partial charge in [-0.25, -0.2) is 14.4 Å². The summed E-state index contributed by atoms with van der Waals surface area (Å²) in [7, 11) is 0. The van der Waals surface area contributed by atoms with E-state index < -0.39 is 28.9 Å². The van der Waals surface area contributed by atoms with Crippen LogP contribution in [0, 0.1) is 11.7 Å². The second-order valence-corrected chi connectivity index (χ2v) is 12.5. The van der Waals surface area contributed by atoms with E-state index in [0.29, 0.717) is 30.2 Å². The zero-order valence-electron chi connectivity index (χ0n) is 24.1. The molecule has 41 heavy (non-hydrogen) atoms. The number of nitrogens with zero attached hydrogens (tertiary/aromatic N) is 4. The summed E-state index contributed by atoms with van der Waals surface area (Å²) in [5.41, 5.74) is -2.78. The van der Waals surface area contributed by atoms with Crippen LogP contribution in [-0.2, 0) is 17.5 Å². The SMILES string of the molecule is CC(C)CCOC(C)(C)CCNSc1ccc(Nc2ncc(C(F)(F)F)c(-c3cnn(CC(C)(C)O)c3)n2)c(F)c1. The number of hydrogen-bond donors (Lipinski definition) is 3. The third kappa shape index (κ3) is 10.6. The Bertz CT molecular complexity index is 1290. The Kier molecular flexibility index (Phi) is 10.8. The Labute approximate surface area is 242 Å². The predicted molar refractivity (Wildman–Crippen MR) is 152 cm³/mol. The van der Waals surface area contributed by atoms with Crippen molar-refractivity contribution in [3.8, 4) is 11.3 Å². The van der Waals surface area contributed by atoms with Crippen LogP contribution >= 0.6 is 11.9 Å². The van der Waals surface area contributed by atoms with Crippen molar-refractivity contribution in [3.63, 3.8) is 0 Å². The van der Waals surface area contributed by atoms with E-state index in [1.807, 2.05) is 13.8 Å². The molecular weight excluding hydrogens is 560 g/mol. The minimum absolute atomic E-state index is 0.0115. The molecule has 0 saturated heterocycles. The molecule has 2 heterocycles. The van der Waals surface area contributed by atoms with Crippen LogP contribution in [0.1, 0.15) is 59.9 Å². The smallest absolute Gasteiger partial charge is 0.389 e. The molecule has 2 aromatic heterocycles. The highest BCUT2D eigenvalue weighted by atomic mass is 32.2. The molecule has 0 amide bonds. The van der Waals surface area contributed by atoms with Gasteiger partial charge in [-0.15, -0.1) is 0 Å². The summed E-state index contributed by atoms with van der Waals surface area (Å²) in [5.74, 6) is -0.243. The van der Waals surface area contributed by atoms with Gasteiger partial charge in [0.1, 0.15) is 11.4 Å². The first-order valence-corrected chi connectivity index (χ1v) is 14.1. The van der Waals surface area contributed by atoms with Crippen LogP contribution < -0.4 is 10.0 Å². The molecule has 13 heteroatoms. The third-order valence-corrected chi connectivity index (χ3v) is 6.78. The van der Waals surface area contributed by atoms with E-state index in [0.717, 1.165) is 12.8 Å². The summed E-state index contributed by atoms with van der Waals surface area (Å²) in [4.78, 5) is 8.43. The molecule has 0 spiro atoms. The van der Waals surface area contributed by atoms with E-state index in [-0.39, 0.29) is 29.3 Å². The number of benzene rings is 1. The van der Waals surface area contributed by atoms with Gasteiger partial charge < -0.3 is 15.2 Å². The number of aromatic nitrogens is 4. The fourth-order valence-electron chi connectivity index (χ4n) is 3.75. The van der Waals surface area contributed by atoms with Crippen molar-refractivity contribution in [1.29, 1.82) is 0 Å². The van der Waals surface area contributed by atoms with Crippen LogP contribution in [0.25, 0.3) is 11.3 Å². The minimum atomic E-state index is -4.72. The molecule has 0 aliphatic carbocycles. The van der Waals surface area contributed by atoms with Gasteiger partial charge in [0.25, 0.3) is 0 Å². The topological polar surface area (TPSA) is 97.1 Å². The van der Waals surface area contributed by atoms with Gasteiger partial charge in [-0.1, -0.05) is 13.8 Å². The van der Waals surface area contributed by atoms with Crippen LogP contribution in [0.2, 0.25) is 0 Å². The number of rotatable bonds is 14. The standard InChI is InChI=1S/C28H38F4N6O2S/c1-18(2)9-12-40-27(5,6)10-11-35-41-20-7-8-23(22(29)13-20)36-25-33-15-21(28(30,31)32)24(37-25)19-14-34-38(16-19)17-26(3,4)39/h7-8,13-16,18,35,39H,9-12,17H2,1-6H3,(H,33,36,37). The van der Waals surface area contributed by atoms with E-state index in [4.69, 9.17) is 4.74 Å². The van der Waals surface area contributed by atoms with Gasteiger partial charge in [0.15, 0.2) is 0 Å². The molecule has 0 aliphatic rings. The van der Waals surface area contributed by atoms with Crippen LogP contribution in [0.4, 0.5) is 29.2 Å². The van der Waals surface area contributed by atoms with Crippen LogP contribution in [0.5, 0.6) is 0 Å². The van der Waals surface area contributed by atoms with Gasteiger partial charge in [-0.05, 0) is 76.6 Å². The van der Waals surface area contributed by atoms with Crippen molar-refractivity contribution in [2.75, 3.05) is 18.5 Å². The molecule has 8 nitrogen and oxygen atoms in total. The molecular formula is C28H38F4N6O2S. The van der Waals surface area contributed by atoms with Crippen LogP contribution in [-0.4, -0.2) is 49.2 Å². The van der Waals surface area contributed by atoms with E-state index >= 15 is 0 Å². The monoisotopic (exact) mass is 598 g/mol. The van der Waals surface area contributed by atoms with E-state index in [1.165, 1.54) is 41.2 Å². The maximum atomic E-state index is 14.9. The first-order valence-electron chi connectivity index (χ1n) is 13.3. The lowest BCUT2D eigenvalue weighted by molar-refractivity contribution is -0.137. The largest absolute Gasteiger partial charge is 0.419 e. The van der Waals surface area contributed by atoms with E-state index in [9.17, 15) is 22.7 Å². The Morgan fingerprint density at radius 2 is 1.85 bits per heavy atom. The zero-order valence-corrected chi connectivity index (χ0v) is 25.0. The average molecular weight is 599 g/mol. The van der Waals surface area contributed by atoms with Gasteiger partial charge >= 0.3 is 6.18 Å². The number of nitrogens with one attached hydrogen (secondary N) is 2. The maximum absolute atomic E-state index is 14.9. The normalized spacial score (nSPS) is 12.8. The Hall–Kier alpha value is -2.74. The number of ether oxygens (including phenoxy) is 1. The summed E-state index contributed by atoms with van der Waals surface area (Å²) in [6, 6.07) is 4.47. The first kappa shape index (κ1) is 32.8. The van der Waals surface area contributed by atoms with Gasteiger partial charge in [0.2, 0.25) is 5.95 Å². The van der Waals surface area contributed by atoms with Crippen molar-refractivity contribution < 1.29 is 27.4 Å². The molecule has 0 bridgehead atoms. The number of hydrogen-bond acceptors (Lipinski definition) is 8. The second-order valence-electron chi connectivity index (χ2n) is 11.5. The lowest BCUT2D eigenvalue weighted by Crippen LogP contribution is -2.29. The number of alkyl halides is 3. The van der Waals surface area contributed by atoms with Crippen molar-refractivity contribution in [1.82, 2.24) is 24.5 Å². The Balaban J connectivity index is 1.67. The summed E-state index contributed by atoms with van der Waals surface area (Å²) >= 11 is 1.27. The summed E-state index contributed by atoms with van der Waals surface area (Å²) in [6.07, 6.45) is 0.280. The molecule has 0 atom stereocenters. The van der Waals surface area contributed by atoms with Crippen molar-refractivity contribution in [3.05, 3.63) is 48.2 Å². The quantitative estimate of drug-likeness (QED) is 0.105. The van der Waals surface area contributed by atoms with E-state index in [1.54, 1.807) is 19.9 Å². The summed E-state index contributed by atoms with van der Waals surface area (Å²) in [6.45, 7) is 12.9. The molecule has 3 rings (SSSR count). The average Bonchev–Trinajstić information content (AvgIpc) is 3.29. The van der Waals surface area contributed by atoms with E-state index in [2.05, 4.69) is 39.0 Å². The Morgan fingerprint density at radius 1 is 1.12 bits per heavy atom. The Morgan fingerprint density at radius 3 is 2.49 bits per heavy atom. The number of halogens is 4. The van der Waals surface area contributed by atoms with Crippen molar-refractivity contribution >= 4 is 23.6 Å². The number of aliphatic hydroxyl groups is 1. The van der Waals surface area contributed by atoms with Crippen LogP contribution in [0.3, 0.4) is 0 Å². The summed E-state index contributed by atoms with van der Waals surface area (Å²) < 4.78 is 66.5. The maximum Gasteiger partial charge on any atom is 0.419 e. The molecule has 3 aromatic rings. The van der Waals surface area contributed by atoms with Crippen molar-refractivity contribution in [2.24, 2.45) is 5.92 Å². The molecule has 0 saturated carbocycles. The highest BCUT2D eigenvalue weighted by molar-refractivity contribution is 7.97. The third-order valence-electron chi connectivity index (χ3n) is 5.94. The molecule has 1 aromatic carbocycles. The lowest BCUT2D eigenvalue weighted by atomic mass is 10.1. The van der Waals surface area contributed by atoms with Gasteiger partial charge in [-0.2, -0.15) is 18.3 Å². The molecule has 3 N–H and O–H groups in total. The highest BCUT2D eigenvalue weighted by Crippen LogP contribution is 2.36. The second kappa shape index (κ2) is 13.5. The highest BCUT2D eigenvalue weighted by Gasteiger charge is 2.36. The number of anilines is 2. The first-order chi connectivity index (χ1) is 19.0. The summed E-state index contributed by atoms with van der Waals surface area (Å²) in [5, 5.41) is 16.7. The molecule has 226 valence electrons. The molecule has 0 radical (unpaired) electrons. The molecule has 0 fully saturated rings. The van der Waals surface area contributed by atoms with Crippen molar-refractivity contribution in [2.45, 2.75) is 83.2 Å². The minimum Gasteiger partial charge on any atom is -0.389 e. The van der Waals surface area contributed by atoms with Gasteiger partial charge in [0.05, 0.1) is 35.3 Å². The molecule has 0 unspecified atom stereocenters. The van der Waals surface area contributed by atoms with Crippen LogP contribution in [0.15, 0.2) is 41.7 Å².